The average Bonchev–Trinajstić information content (AvgIpc) is 2.89. The molecule has 0 bridgehead atoms. The van der Waals surface area contributed by atoms with E-state index in [2.05, 4.69) is 15.4 Å². The first kappa shape index (κ1) is 13.6. The third-order valence-electron chi connectivity index (χ3n) is 3.18. The van der Waals surface area contributed by atoms with E-state index in [1.165, 1.54) is 0 Å². The van der Waals surface area contributed by atoms with E-state index in [4.69, 9.17) is 10.6 Å². The van der Waals surface area contributed by atoms with Crippen molar-refractivity contribution >= 4 is 35.3 Å². The molecule has 0 aromatic carbocycles. The van der Waals surface area contributed by atoms with Crippen molar-refractivity contribution in [3.05, 3.63) is 5.53 Å². The summed E-state index contributed by atoms with van der Waals surface area (Å²) in [5, 5.41) is 14.2. The second kappa shape index (κ2) is 5.41. The number of ketones is 1. The minimum absolute atomic E-state index is 0.0302. The molecule has 2 fully saturated rings. The van der Waals surface area contributed by atoms with Crippen LogP contribution in [0.25, 0.3) is 5.53 Å². The van der Waals surface area contributed by atoms with Gasteiger partial charge in [0.05, 0.1) is 18.5 Å². The Morgan fingerprint density at radius 1 is 1.47 bits per heavy atom. The number of fused-ring (bicyclic) bond motifs is 1. The Balaban J connectivity index is 1.92. The lowest BCUT2D eigenvalue weighted by molar-refractivity contribution is -0.147. The zero-order valence-electron chi connectivity index (χ0n) is 9.83. The van der Waals surface area contributed by atoms with Crippen LogP contribution in [0.3, 0.4) is 0 Å². The van der Waals surface area contributed by atoms with Gasteiger partial charge in [-0.05, 0) is 6.42 Å². The van der Waals surface area contributed by atoms with Gasteiger partial charge in [0, 0.05) is 11.0 Å². The molecule has 0 unspecified atom stereocenters. The molecule has 2 saturated heterocycles. The molecular weight excluding hydrogens is 272 g/mol. The number of carboxylic acids is 1. The van der Waals surface area contributed by atoms with Crippen LogP contribution in [0.15, 0.2) is 0 Å². The summed E-state index contributed by atoms with van der Waals surface area (Å²) >= 11 is 1.64. The Morgan fingerprint density at radius 2 is 2.21 bits per heavy atom. The predicted octanol–water partition coefficient (Wildman–Crippen LogP) is -0.743. The van der Waals surface area contributed by atoms with Gasteiger partial charge in [-0.1, -0.05) is 0 Å². The van der Waals surface area contributed by atoms with Gasteiger partial charge in [0.25, 0.3) is 0 Å². The molecular formula is C10H12N4O4S. The fraction of sp³-hybridized carbons (Fsp3) is 0.600. The van der Waals surface area contributed by atoms with E-state index in [1.54, 1.807) is 11.8 Å². The molecule has 102 valence electrons. The highest BCUT2D eigenvalue weighted by molar-refractivity contribution is 8.00. The van der Waals surface area contributed by atoms with Crippen LogP contribution in [0, 0.1) is 0 Å². The van der Waals surface area contributed by atoms with Crippen LogP contribution < -0.4 is 10.6 Å². The molecule has 0 aromatic heterocycles. The number of Topliss-reactive ketones (excluding diaryl/α,β-unsaturated/α-hetero) is 1. The minimum atomic E-state index is -1.64. The van der Waals surface area contributed by atoms with Crippen molar-refractivity contribution in [3.8, 4) is 0 Å². The molecule has 2 heterocycles. The van der Waals surface area contributed by atoms with Gasteiger partial charge in [-0.25, -0.2) is 9.59 Å². The van der Waals surface area contributed by atoms with Gasteiger partial charge >= 0.3 is 23.5 Å². The Bertz CT molecular complexity index is 488. The van der Waals surface area contributed by atoms with Crippen LogP contribution in [-0.4, -0.2) is 56.5 Å². The molecule has 2 aliphatic rings. The lowest BCUT2D eigenvalue weighted by atomic mass is 10.0. The zero-order chi connectivity index (χ0) is 14.0. The van der Waals surface area contributed by atoms with Crippen molar-refractivity contribution in [2.24, 2.45) is 0 Å². The highest BCUT2D eigenvalue weighted by Crippen LogP contribution is 2.32. The number of urea groups is 1. The average molecular weight is 284 g/mol. The highest BCUT2D eigenvalue weighted by Gasteiger charge is 2.43. The van der Waals surface area contributed by atoms with E-state index in [1.807, 2.05) is 0 Å². The van der Waals surface area contributed by atoms with Gasteiger partial charge in [0.1, 0.15) is 0 Å². The first-order valence-electron chi connectivity index (χ1n) is 5.70. The number of carbonyl (C=O) groups excluding carboxylic acids is 2. The molecule has 2 rings (SSSR count). The topological polar surface area (TPSA) is 132 Å². The molecule has 0 radical (unpaired) electrons. The van der Waals surface area contributed by atoms with Crippen molar-refractivity contribution in [3.63, 3.8) is 0 Å². The van der Waals surface area contributed by atoms with Crippen LogP contribution >= 0.6 is 11.8 Å². The number of rotatable bonds is 5. The van der Waals surface area contributed by atoms with Crippen molar-refractivity contribution in [1.82, 2.24) is 10.6 Å². The monoisotopic (exact) mass is 284 g/mol. The number of hydrogen-bond donors (Lipinski definition) is 3. The summed E-state index contributed by atoms with van der Waals surface area (Å²) in [6.07, 6.45) is 0.532. The number of nitrogens with zero attached hydrogens (tertiary/aromatic N) is 2. The van der Waals surface area contributed by atoms with E-state index in [0.717, 1.165) is 5.75 Å². The molecule has 3 atom stereocenters. The van der Waals surface area contributed by atoms with E-state index < -0.39 is 11.8 Å². The van der Waals surface area contributed by atoms with Crippen LogP contribution in [0.5, 0.6) is 0 Å². The second-order valence-electron chi connectivity index (χ2n) is 4.34. The maximum absolute atomic E-state index is 11.2. The summed E-state index contributed by atoms with van der Waals surface area (Å²) in [5.41, 5.74) is 8.30. The number of hydrogen-bond acceptors (Lipinski definition) is 4. The Labute approximate surface area is 112 Å². The van der Waals surface area contributed by atoms with E-state index >= 15 is 0 Å². The van der Waals surface area contributed by atoms with Gasteiger partial charge in [-0.3, -0.25) is 4.79 Å². The molecule has 0 aromatic rings. The first-order chi connectivity index (χ1) is 9.02. The second-order valence-corrected chi connectivity index (χ2v) is 5.61. The number of amides is 2. The smallest absolute Gasteiger partial charge is 0.384 e. The van der Waals surface area contributed by atoms with Crippen molar-refractivity contribution in [1.29, 1.82) is 0 Å². The summed E-state index contributed by atoms with van der Waals surface area (Å²) in [6, 6.07) is -0.178. The molecule has 2 amide bonds. The first-order valence-corrected chi connectivity index (χ1v) is 6.75. The third kappa shape index (κ3) is 2.77. The van der Waals surface area contributed by atoms with Crippen LogP contribution in [-0.2, 0) is 9.59 Å². The van der Waals surface area contributed by atoms with E-state index in [9.17, 15) is 14.4 Å². The molecule has 3 N–H and O–H groups in total. The fourth-order valence-corrected chi connectivity index (χ4v) is 3.75. The van der Waals surface area contributed by atoms with Crippen LogP contribution in [0.4, 0.5) is 4.79 Å². The Hall–Kier alpha value is -1.86. The van der Waals surface area contributed by atoms with Crippen molar-refractivity contribution in [2.75, 3.05) is 5.75 Å². The number of carboxylic acid groups (broad SMARTS) is 1. The van der Waals surface area contributed by atoms with Gasteiger partial charge in [0.2, 0.25) is 0 Å². The SMILES string of the molecule is [N-]=[N+]=C(CC[C@@H]1SC[C@@H]2NC(=O)N[C@@H]21)C(=O)C(=O)O. The summed E-state index contributed by atoms with van der Waals surface area (Å²) in [5.74, 6) is -2.07. The molecule has 9 heteroatoms. The molecule has 0 aliphatic carbocycles. The summed E-state index contributed by atoms with van der Waals surface area (Å²) in [6.45, 7) is 0. The van der Waals surface area contributed by atoms with E-state index in [0.29, 0.717) is 6.42 Å². The quantitative estimate of drug-likeness (QED) is 0.201. The van der Waals surface area contributed by atoms with Crippen molar-refractivity contribution < 1.29 is 24.3 Å². The maximum atomic E-state index is 11.2. The normalized spacial score (nSPS) is 28.0. The standard InChI is InChI=1S/C10H12N4O4S/c11-14-4(8(15)9(16)17)1-2-6-7-5(3-19-6)12-10(18)13-7/h5-7H,1-3H2,(H,16,17)(H2,12,13,18)/t5-,6-,7-/m0/s1. The lowest BCUT2D eigenvalue weighted by Crippen LogP contribution is -2.37. The van der Waals surface area contributed by atoms with Gasteiger partial charge in [-0.2, -0.15) is 16.6 Å². The summed E-state index contributed by atoms with van der Waals surface area (Å²) < 4.78 is 0. The zero-order valence-corrected chi connectivity index (χ0v) is 10.6. The Kier molecular flexibility index (Phi) is 3.87. The lowest BCUT2D eigenvalue weighted by Gasteiger charge is -2.15. The number of nitrogens with one attached hydrogen (secondary N) is 2. The van der Waals surface area contributed by atoms with Crippen molar-refractivity contribution in [2.45, 2.75) is 30.2 Å². The van der Waals surface area contributed by atoms with E-state index in [-0.39, 0.29) is 35.5 Å². The predicted molar refractivity (Wildman–Crippen MR) is 66.0 cm³/mol. The minimum Gasteiger partial charge on any atom is -0.475 e. The number of thioether (sulfide) groups is 1. The molecule has 2 aliphatic heterocycles. The third-order valence-corrected chi connectivity index (χ3v) is 4.69. The Morgan fingerprint density at radius 3 is 2.84 bits per heavy atom. The molecule has 8 nitrogen and oxygen atoms in total. The highest BCUT2D eigenvalue weighted by atomic mass is 32.2. The fourth-order valence-electron chi connectivity index (χ4n) is 2.25. The maximum Gasteiger partial charge on any atom is 0.384 e. The van der Waals surface area contributed by atoms with Crippen LogP contribution in [0.1, 0.15) is 12.8 Å². The van der Waals surface area contributed by atoms with Gasteiger partial charge < -0.3 is 21.3 Å². The summed E-state index contributed by atoms with van der Waals surface area (Å²) in [7, 11) is 0. The largest absolute Gasteiger partial charge is 0.475 e. The molecule has 19 heavy (non-hydrogen) atoms. The summed E-state index contributed by atoms with van der Waals surface area (Å²) in [4.78, 5) is 35.6. The number of aliphatic carboxylic acids is 1. The van der Waals surface area contributed by atoms with Gasteiger partial charge in [0.15, 0.2) is 0 Å². The molecule has 0 saturated carbocycles. The van der Waals surface area contributed by atoms with Crippen LogP contribution in [0.2, 0.25) is 0 Å². The number of carbonyl (C=O) groups is 3. The van der Waals surface area contributed by atoms with Gasteiger partial charge in [-0.15, -0.1) is 0 Å². The molecule has 0 spiro atoms.